The summed E-state index contributed by atoms with van der Waals surface area (Å²) in [5, 5.41) is 8.64. The van der Waals surface area contributed by atoms with Gasteiger partial charge in [-0.2, -0.15) is 5.10 Å². The highest BCUT2D eigenvalue weighted by atomic mass is 35.5. The predicted molar refractivity (Wildman–Crippen MR) is 79.7 cm³/mol. The first-order valence-electron chi connectivity index (χ1n) is 6.52. The van der Waals surface area contributed by atoms with Crippen LogP contribution in [0.4, 0.5) is 0 Å². The lowest BCUT2D eigenvalue weighted by Gasteiger charge is -2.19. The number of nitrogens with zero attached hydrogens (tertiary/aromatic N) is 2. The zero-order valence-electron chi connectivity index (χ0n) is 11.9. The molecule has 0 bridgehead atoms. The first kappa shape index (κ1) is 14.1. The summed E-state index contributed by atoms with van der Waals surface area (Å²) in [7, 11) is 1.96. The van der Waals surface area contributed by atoms with Gasteiger partial charge in [-0.3, -0.25) is 4.68 Å². The summed E-state index contributed by atoms with van der Waals surface area (Å²) in [6.07, 6.45) is 1.93. The number of rotatable bonds is 4. The molecule has 0 aliphatic rings. The SMILES string of the molecule is CCNC(c1ccc(C)c(Cl)c1)c1cnn(C)c1C. The number of nitrogens with one attached hydrogen (secondary N) is 1. The Labute approximate surface area is 119 Å². The Kier molecular flexibility index (Phi) is 4.27. The molecule has 0 radical (unpaired) electrons. The molecule has 1 N–H and O–H groups in total. The Balaban J connectivity index is 2.45. The van der Waals surface area contributed by atoms with Gasteiger partial charge < -0.3 is 5.32 Å². The molecule has 19 heavy (non-hydrogen) atoms. The van der Waals surface area contributed by atoms with Crippen LogP contribution >= 0.6 is 11.6 Å². The molecule has 1 aromatic carbocycles. The smallest absolute Gasteiger partial charge is 0.0611 e. The van der Waals surface area contributed by atoms with Gasteiger partial charge >= 0.3 is 0 Å². The number of hydrogen-bond acceptors (Lipinski definition) is 2. The highest BCUT2D eigenvalue weighted by Crippen LogP contribution is 2.27. The standard InChI is InChI=1S/C15H20ClN3/c1-5-17-15(13-9-18-19(4)11(13)3)12-7-6-10(2)14(16)8-12/h6-9,15,17H,5H2,1-4H3. The monoisotopic (exact) mass is 277 g/mol. The minimum Gasteiger partial charge on any atom is -0.306 e. The highest BCUT2D eigenvalue weighted by Gasteiger charge is 2.18. The maximum atomic E-state index is 6.24. The van der Waals surface area contributed by atoms with E-state index in [-0.39, 0.29) is 6.04 Å². The molecule has 1 heterocycles. The number of halogens is 1. The Morgan fingerprint density at radius 3 is 2.63 bits per heavy atom. The molecule has 1 atom stereocenters. The van der Waals surface area contributed by atoms with Gasteiger partial charge in [0.2, 0.25) is 0 Å². The molecule has 1 aromatic heterocycles. The van der Waals surface area contributed by atoms with Gasteiger partial charge in [0.25, 0.3) is 0 Å². The molecule has 0 amide bonds. The van der Waals surface area contributed by atoms with Crippen LogP contribution in [0.5, 0.6) is 0 Å². The first-order valence-corrected chi connectivity index (χ1v) is 6.90. The van der Waals surface area contributed by atoms with Gasteiger partial charge in [-0.15, -0.1) is 0 Å². The van der Waals surface area contributed by atoms with E-state index in [0.29, 0.717) is 0 Å². The summed E-state index contributed by atoms with van der Waals surface area (Å²) in [4.78, 5) is 0. The number of hydrogen-bond donors (Lipinski definition) is 1. The third-order valence-electron chi connectivity index (χ3n) is 3.52. The molecular weight excluding hydrogens is 258 g/mol. The largest absolute Gasteiger partial charge is 0.306 e. The fourth-order valence-corrected chi connectivity index (χ4v) is 2.39. The Bertz CT molecular complexity index is 575. The zero-order valence-corrected chi connectivity index (χ0v) is 12.6. The van der Waals surface area contributed by atoms with Crippen molar-refractivity contribution in [2.24, 2.45) is 7.05 Å². The quantitative estimate of drug-likeness (QED) is 0.928. The van der Waals surface area contributed by atoms with Crippen LogP contribution in [0.3, 0.4) is 0 Å². The van der Waals surface area contributed by atoms with Crippen LogP contribution in [-0.4, -0.2) is 16.3 Å². The number of aromatic nitrogens is 2. The fraction of sp³-hybridized carbons (Fsp3) is 0.400. The van der Waals surface area contributed by atoms with Gasteiger partial charge in [0.15, 0.2) is 0 Å². The van der Waals surface area contributed by atoms with Gasteiger partial charge in [0.05, 0.1) is 12.2 Å². The van der Waals surface area contributed by atoms with E-state index in [1.807, 2.05) is 30.9 Å². The summed E-state index contributed by atoms with van der Waals surface area (Å²) < 4.78 is 1.90. The van der Waals surface area contributed by atoms with Crippen LogP contribution < -0.4 is 5.32 Å². The second kappa shape index (κ2) is 5.76. The lowest BCUT2D eigenvalue weighted by molar-refractivity contribution is 0.624. The molecule has 0 spiro atoms. The van der Waals surface area contributed by atoms with E-state index in [4.69, 9.17) is 11.6 Å². The van der Waals surface area contributed by atoms with E-state index in [9.17, 15) is 0 Å². The van der Waals surface area contributed by atoms with Crippen molar-refractivity contribution in [3.8, 4) is 0 Å². The van der Waals surface area contributed by atoms with Gasteiger partial charge in [-0.05, 0) is 37.6 Å². The van der Waals surface area contributed by atoms with Crippen molar-refractivity contribution in [1.82, 2.24) is 15.1 Å². The van der Waals surface area contributed by atoms with E-state index in [0.717, 1.165) is 17.1 Å². The molecule has 0 aliphatic carbocycles. The van der Waals surface area contributed by atoms with Crippen LogP contribution in [-0.2, 0) is 7.05 Å². The second-order valence-electron chi connectivity index (χ2n) is 4.81. The topological polar surface area (TPSA) is 29.9 Å². The molecule has 0 saturated carbocycles. The maximum absolute atomic E-state index is 6.24. The van der Waals surface area contributed by atoms with Gasteiger partial charge in [0, 0.05) is 23.3 Å². The van der Waals surface area contributed by atoms with E-state index in [1.165, 1.54) is 16.8 Å². The van der Waals surface area contributed by atoms with Gasteiger partial charge in [-0.25, -0.2) is 0 Å². The van der Waals surface area contributed by atoms with Crippen molar-refractivity contribution >= 4 is 11.6 Å². The molecule has 0 aliphatic heterocycles. The van der Waals surface area contributed by atoms with E-state index in [1.54, 1.807) is 0 Å². The number of aryl methyl sites for hydroxylation is 2. The number of benzene rings is 1. The van der Waals surface area contributed by atoms with Crippen molar-refractivity contribution in [3.05, 3.63) is 51.8 Å². The molecule has 2 rings (SSSR count). The van der Waals surface area contributed by atoms with Gasteiger partial charge in [-0.1, -0.05) is 30.7 Å². The van der Waals surface area contributed by atoms with Crippen molar-refractivity contribution < 1.29 is 0 Å². The second-order valence-corrected chi connectivity index (χ2v) is 5.22. The van der Waals surface area contributed by atoms with E-state index in [2.05, 4.69) is 36.4 Å². The molecule has 4 heteroatoms. The normalized spacial score (nSPS) is 12.7. The summed E-state index contributed by atoms with van der Waals surface area (Å²) in [5.41, 5.74) is 4.64. The van der Waals surface area contributed by atoms with Crippen LogP contribution in [0.2, 0.25) is 5.02 Å². The molecule has 0 fully saturated rings. The van der Waals surface area contributed by atoms with Crippen molar-refractivity contribution in [2.45, 2.75) is 26.8 Å². The third-order valence-corrected chi connectivity index (χ3v) is 3.93. The average molecular weight is 278 g/mol. The summed E-state index contributed by atoms with van der Waals surface area (Å²) in [6.45, 7) is 7.10. The Morgan fingerprint density at radius 2 is 2.11 bits per heavy atom. The lowest BCUT2D eigenvalue weighted by Crippen LogP contribution is -2.22. The third kappa shape index (κ3) is 2.82. The van der Waals surface area contributed by atoms with Crippen LogP contribution in [0, 0.1) is 13.8 Å². The average Bonchev–Trinajstić information content (AvgIpc) is 2.71. The van der Waals surface area contributed by atoms with Crippen LogP contribution in [0.25, 0.3) is 0 Å². The first-order chi connectivity index (χ1) is 9.04. The summed E-state index contributed by atoms with van der Waals surface area (Å²) in [5.74, 6) is 0. The van der Waals surface area contributed by atoms with Gasteiger partial charge in [0.1, 0.15) is 0 Å². The summed E-state index contributed by atoms with van der Waals surface area (Å²) in [6, 6.07) is 6.36. The van der Waals surface area contributed by atoms with E-state index >= 15 is 0 Å². The maximum Gasteiger partial charge on any atom is 0.0611 e. The van der Waals surface area contributed by atoms with Crippen LogP contribution in [0.1, 0.15) is 35.3 Å². The minimum atomic E-state index is 0.136. The highest BCUT2D eigenvalue weighted by molar-refractivity contribution is 6.31. The van der Waals surface area contributed by atoms with E-state index < -0.39 is 0 Å². The molecule has 0 saturated heterocycles. The molecular formula is C15H20ClN3. The lowest BCUT2D eigenvalue weighted by atomic mass is 9.98. The van der Waals surface area contributed by atoms with Crippen LogP contribution in [0.15, 0.2) is 24.4 Å². The molecule has 2 aromatic rings. The minimum absolute atomic E-state index is 0.136. The fourth-order valence-electron chi connectivity index (χ4n) is 2.20. The van der Waals surface area contributed by atoms with Crippen molar-refractivity contribution in [1.29, 1.82) is 0 Å². The Hall–Kier alpha value is -1.32. The zero-order chi connectivity index (χ0) is 14.0. The molecule has 102 valence electrons. The predicted octanol–water partition coefficient (Wildman–Crippen LogP) is 3.39. The molecule has 1 unspecified atom stereocenters. The Morgan fingerprint density at radius 1 is 1.37 bits per heavy atom. The van der Waals surface area contributed by atoms with Crippen molar-refractivity contribution in [2.75, 3.05) is 6.54 Å². The molecule has 3 nitrogen and oxygen atoms in total. The summed E-state index contributed by atoms with van der Waals surface area (Å²) >= 11 is 6.24. The van der Waals surface area contributed by atoms with Crippen molar-refractivity contribution in [3.63, 3.8) is 0 Å².